The van der Waals surface area contributed by atoms with Crippen molar-refractivity contribution in [1.82, 2.24) is 10.2 Å². The van der Waals surface area contributed by atoms with Crippen LogP contribution in [0.4, 0.5) is 4.79 Å². The van der Waals surface area contributed by atoms with E-state index in [-0.39, 0.29) is 23.1 Å². The number of nitrogens with one attached hydrogen (secondary N) is 1. The van der Waals surface area contributed by atoms with Crippen molar-refractivity contribution >= 4 is 21.8 Å². The number of aryl methyl sites for hydroxylation is 1. The fourth-order valence-corrected chi connectivity index (χ4v) is 5.79. The van der Waals surface area contributed by atoms with Crippen molar-refractivity contribution in [2.24, 2.45) is 11.3 Å². The van der Waals surface area contributed by atoms with Crippen LogP contribution in [0.3, 0.4) is 0 Å². The molecule has 3 rings (SSSR count). The minimum atomic E-state index is -3.51. The van der Waals surface area contributed by atoms with Crippen LogP contribution in [-0.2, 0) is 14.6 Å². The second-order valence-corrected chi connectivity index (χ2v) is 9.91. The number of carbonyl (C=O) groups is 2. The Balaban J connectivity index is 1.61. The molecule has 1 saturated heterocycles. The van der Waals surface area contributed by atoms with Gasteiger partial charge >= 0.3 is 12.0 Å². The van der Waals surface area contributed by atoms with Crippen molar-refractivity contribution in [2.75, 3.05) is 18.8 Å². The molecular formula is C19H26N2O5S. The van der Waals surface area contributed by atoms with Crippen LogP contribution in [0, 0.1) is 18.3 Å². The molecule has 0 spiro atoms. The maximum atomic E-state index is 12.5. The minimum absolute atomic E-state index is 0.0210. The third kappa shape index (κ3) is 3.81. The first kappa shape index (κ1) is 19.7. The maximum Gasteiger partial charge on any atom is 0.317 e. The van der Waals surface area contributed by atoms with E-state index in [1.807, 2.05) is 6.92 Å². The molecule has 2 aliphatic rings. The lowest BCUT2D eigenvalue weighted by atomic mass is 9.81. The van der Waals surface area contributed by atoms with Crippen molar-refractivity contribution in [1.29, 1.82) is 0 Å². The Hall–Kier alpha value is -2.09. The quantitative estimate of drug-likeness (QED) is 0.795. The molecule has 1 aromatic rings. The fraction of sp³-hybridized carbons (Fsp3) is 0.579. The molecule has 2 N–H and O–H groups in total. The Morgan fingerprint density at radius 3 is 2.59 bits per heavy atom. The molecule has 1 aromatic carbocycles. The molecule has 1 unspecified atom stereocenters. The summed E-state index contributed by atoms with van der Waals surface area (Å²) < 4.78 is 25.0. The molecule has 0 bridgehead atoms. The smallest absolute Gasteiger partial charge is 0.317 e. The zero-order valence-corrected chi connectivity index (χ0v) is 16.5. The van der Waals surface area contributed by atoms with Crippen LogP contribution in [0.2, 0.25) is 0 Å². The second kappa shape index (κ2) is 7.14. The summed E-state index contributed by atoms with van der Waals surface area (Å²) >= 11 is 0. The summed E-state index contributed by atoms with van der Waals surface area (Å²) in [7, 11) is -3.51. The van der Waals surface area contributed by atoms with Gasteiger partial charge in [-0.2, -0.15) is 0 Å². The molecule has 1 saturated carbocycles. The van der Waals surface area contributed by atoms with E-state index in [1.54, 1.807) is 31.2 Å². The molecular weight excluding hydrogens is 368 g/mol. The number of urea groups is 1. The van der Waals surface area contributed by atoms with Gasteiger partial charge in [-0.3, -0.25) is 4.79 Å². The highest BCUT2D eigenvalue weighted by Gasteiger charge is 2.55. The molecule has 0 aromatic heterocycles. The highest BCUT2D eigenvalue weighted by molar-refractivity contribution is 7.91. The van der Waals surface area contributed by atoms with Crippen molar-refractivity contribution in [2.45, 2.75) is 44.0 Å². The Kier molecular flexibility index (Phi) is 5.20. The predicted octanol–water partition coefficient (Wildman–Crippen LogP) is 2.05. The van der Waals surface area contributed by atoms with Crippen LogP contribution in [0.25, 0.3) is 0 Å². The molecule has 3 atom stereocenters. The third-order valence-corrected chi connectivity index (χ3v) is 7.73. The molecule has 1 aliphatic carbocycles. The van der Waals surface area contributed by atoms with Crippen LogP contribution in [0.5, 0.6) is 0 Å². The lowest BCUT2D eigenvalue weighted by Crippen LogP contribution is -2.46. The lowest BCUT2D eigenvalue weighted by molar-refractivity contribution is -0.149. The fourth-order valence-electron chi connectivity index (χ4n) is 4.31. The van der Waals surface area contributed by atoms with Crippen LogP contribution in [0.1, 0.15) is 31.7 Å². The van der Waals surface area contributed by atoms with Gasteiger partial charge in [0.2, 0.25) is 0 Å². The number of likely N-dealkylation sites (tertiary alicyclic amines) is 1. The van der Waals surface area contributed by atoms with Crippen LogP contribution in [0.15, 0.2) is 29.2 Å². The Morgan fingerprint density at radius 1 is 1.33 bits per heavy atom. The van der Waals surface area contributed by atoms with E-state index in [1.165, 1.54) is 4.90 Å². The molecule has 1 aliphatic heterocycles. The zero-order valence-electron chi connectivity index (χ0n) is 15.6. The average Bonchev–Trinajstić information content (AvgIpc) is 3.12. The Morgan fingerprint density at radius 2 is 2.00 bits per heavy atom. The third-order valence-electron chi connectivity index (χ3n) is 5.80. The highest BCUT2D eigenvalue weighted by atomic mass is 32.2. The number of carbonyl (C=O) groups excluding carboxylic acids is 1. The summed E-state index contributed by atoms with van der Waals surface area (Å²) in [6, 6.07) is 5.64. The van der Waals surface area contributed by atoms with Crippen LogP contribution >= 0.6 is 0 Å². The van der Waals surface area contributed by atoms with E-state index in [0.29, 0.717) is 13.0 Å². The summed E-state index contributed by atoms with van der Waals surface area (Å²) in [6.07, 6.45) is 2.28. The number of nitrogens with zero attached hydrogens (tertiary/aromatic N) is 1. The SMILES string of the molecule is Cc1ccc(S(=O)(=O)CC(C)NC(=O)N2C[C@@H]3CCC[C@@]3(C(=O)O)C2)cc1. The monoisotopic (exact) mass is 394 g/mol. The van der Waals surface area contributed by atoms with Gasteiger partial charge in [-0.1, -0.05) is 24.1 Å². The number of rotatable bonds is 5. The van der Waals surface area contributed by atoms with E-state index in [9.17, 15) is 23.1 Å². The number of hydrogen-bond donors (Lipinski definition) is 2. The topological polar surface area (TPSA) is 104 Å². The number of fused-ring (bicyclic) bond motifs is 1. The van der Waals surface area contributed by atoms with Gasteiger partial charge < -0.3 is 15.3 Å². The van der Waals surface area contributed by atoms with Crippen LogP contribution < -0.4 is 5.32 Å². The summed E-state index contributed by atoms with van der Waals surface area (Å²) in [5.41, 5.74) is 0.136. The largest absolute Gasteiger partial charge is 0.481 e. The van der Waals surface area contributed by atoms with Gasteiger partial charge in [0.25, 0.3) is 0 Å². The first-order chi connectivity index (χ1) is 12.6. The number of carboxylic acids is 1. The van der Waals surface area contributed by atoms with Gasteiger partial charge in [0, 0.05) is 19.1 Å². The zero-order chi connectivity index (χ0) is 19.8. The molecule has 27 heavy (non-hydrogen) atoms. The van der Waals surface area contributed by atoms with E-state index in [0.717, 1.165) is 18.4 Å². The number of sulfone groups is 1. The molecule has 2 amide bonds. The second-order valence-electron chi connectivity index (χ2n) is 7.88. The predicted molar refractivity (Wildman–Crippen MR) is 100 cm³/mol. The lowest BCUT2D eigenvalue weighted by Gasteiger charge is -2.24. The summed E-state index contributed by atoms with van der Waals surface area (Å²) in [6.45, 7) is 4.13. The standard InChI is InChI=1S/C19H26N2O5S/c1-13-5-7-16(8-6-13)27(25,26)11-14(2)20-18(24)21-10-15-4-3-9-19(15,12-21)17(22)23/h5-8,14-15H,3-4,9-12H2,1-2H3,(H,20,24)(H,22,23)/t14?,15-,19+/m0/s1. The highest BCUT2D eigenvalue weighted by Crippen LogP contribution is 2.48. The first-order valence-electron chi connectivity index (χ1n) is 9.22. The Labute approximate surface area is 159 Å². The molecule has 7 nitrogen and oxygen atoms in total. The van der Waals surface area contributed by atoms with Crippen molar-refractivity contribution in [3.8, 4) is 0 Å². The van der Waals surface area contributed by atoms with Crippen molar-refractivity contribution in [3.63, 3.8) is 0 Å². The van der Waals surface area contributed by atoms with Gasteiger partial charge in [-0.05, 0) is 44.7 Å². The minimum Gasteiger partial charge on any atom is -0.481 e. The molecule has 0 radical (unpaired) electrons. The van der Waals surface area contributed by atoms with Gasteiger partial charge in [0.1, 0.15) is 0 Å². The van der Waals surface area contributed by atoms with E-state index in [2.05, 4.69) is 5.32 Å². The van der Waals surface area contributed by atoms with E-state index in [4.69, 9.17) is 0 Å². The molecule has 148 valence electrons. The van der Waals surface area contributed by atoms with Crippen molar-refractivity contribution < 1.29 is 23.1 Å². The number of hydrogen-bond acceptors (Lipinski definition) is 4. The molecule has 2 fully saturated rings. The average molecular weight is 394 g/mol. The number of benzene rings is 1. The van der Waals surface area contributed by atoms with Crippen LogP contribution in [-0.4, -0.2) is 55.3 Å². The summed E-state index contributed by atoms with van der Waals surface area (Å²) in [5.74, 6) is -1.06. The maximum absolute atomic E-state index is 12.5. The molecule has 1 heterocycles. The molecule has 8 heteroatoms. The van der Waals surface area contributed by atoms with Gasteiger partial charge in [-0.25, -0.2) is 13.2 Å². The summed E-state index contributed by atoms with van der Waals surface area (Å²) in [4.78, 5) is 26.0. The van der Waals surface area contributed by atoms with Gasteiger partial charge in [0.15, 0.2) is 9.84 Å². The summed E-state index contributed by atoms with van der Waals surface area (Å²) in [5, 5.41) is 12.3. The van der Waals surface area contributed by atoms with Gasteiger partial charge in [0.05, 0.1) is 16.1 Å². The Bertz CT molecular complexity index is 836. The van der Waals surface area contributed by atoms with Gasteiger partial charge in [-0.15, -0.1) is 0 Å². The normalized spacial score (nSPS) is 25.9. The van der Waals surface area contributed by atoms with Crippen molar-refractivity contribution in [3.05, 3.63) is 29.8 Å². The number of carboxylic acid groups (broad SMARTS) is 1. The number of amides is 2. The van der Waals surface area contributed by atoms with E-state index >= 15 is 0 Å². The first-order valence-corrected chi connectivity index (χ1v) is 10.9. The van der Waals surface area contributed by atoms with E-state index < -0.39 is 33.3 Å². The number of aliphatic carboxylic acids is 1.